The highest BCUT2D eigenvalue weighted by Crippen LogP contribution is 2.28. The van der Waals surface area contributed by atoms with E-state index in [0.717, 1.165) is 17.2 Å². The van der Waals surface area contributed by atoms with Crippen molar-refractivity contribution >= 4 is 0 Å². The van der Waals surface area contributed by atoms with E-state index in [1.54, 1.807) is 0 Å². The van der Waals surface area contributed by atoms with Crippen LogP contribution in [0.15, 0.2) is 24.3 Å². The van der Waals surface area contributed by atoms with Crippen LogP contribution in [0.5, 0.6) is 5.75 Å². The van der Waals surface area contributed by atoms with E-state index in [-0.39, 0.29) is 0 Å². The molecule has 2 nitrogen and oxygen atoms in total. The molecule has 1 unspecified atom stereocenters. The molecule has 1 aromatic carbocycles. The van der Waals surface area contributed by atoms with Crippen molar-refractivity contribution in [3.63, 3.8) is 0 Å². The van der Waals surface area contributed by atoms with Crippen molar-refractivity contribution in [2.75, 3.05) is 0 Å². The van der Waals surface area contributed by atoms with Gasteiger partial charge in [0.05, 0.1) is 6.10 Å². The van der Waals surface area contributed by atoms with E-state index in [2.05, 4.69) is 6.92 Å². The zero-order valence-electron chi connectivity index (χ0n) is 10.7. The number of hydrogen-bond acceptors (Lipinski definition) is 2. The highest BCUT2D eigenvalue weighted by atomic mass is 16.5. The Morgan fingerprint density at radius 2 is 1.82 bits per heavy atom. The lowest BCUT2D eigenvalue weighted by Crippen LogP contribution is -2.25. The summed E-state index contributed by atoms with van der Waals surface area (Å²) in [4.78, 5) is 0. The maximum Gasteiger partial charge on any atom is 0.119 e. The molecule has 1 fully saturated rings. The van der Waals surface area contributed by atoms with E-state index >= 15 is 0 Å². The van der Waals surface area contributed by atoms with Gasteiger partial charge < -0.3 is 10.5 Å². The van der Waals surface area contributed by atoms with Gasteiger partial charge in [-0.3, -0.25) is 0 Å². The summed E-state index contributed by atoms with van der Waals surface area (Å²) >= 11 is 0. The quantitative estimate of drug-likeness (QED) is 0.864. The molecule has 94 valence electrons. The van der Waals surface area contributed by atoms with Gasteiger partial charge in [0.15, 0.2) is 0 Å². The second-order valence-electron chi connectivity index (χ2n) is 5.07. The van der Waals surface area contributed by atoms with E-state index in [0.29, 0.717) is 12.6 Å². The summed E-state index contributed by atoms with van der Waals surface area (Å²) in [5, 5.41) is 0. The Morgan fingerprint density at radius 1 is 1.18 bits per heavy atom. The third-order valence-corrected chi connectivity index (χ3v) is 3.79. The lowest BCUT2D eigenvalue weighted by molar-refractivity contribution is 0.123. The number of benzene rings is 1. The number of hydrogen-bond donors (Lipinski definition) is 1. The van der Waals surface area contributed by atoms with Gasteiger partial charge in [-0.1, -0.05) is 31.4 Å². The molecule has 2 heteroatoms. The minimum absolute atomic E-state index is 0.332. The highest BCUT2D eigenvalue weighted by Gasteiger charge is 2.21. The number of ether oxygens (including phenoxy) is 1. The molecular formula is C15H23NO. The third-order valence-electron chi connectivity index (χ3n) is 3.79. The second kappa shape index (κ2) is 6.06. The molecule has 0 aliphatic heterocycles. The van der Waals surface area contributed by atoms with Crippen molar-refractivity contribution in [3.05, 3.63) is 29.8 Å². The lowest BCUT2D eigenvalue weighted by Gasteiger charge is -2.28. The zero-order chi connectivity index (χ0) is 12.1. The van der Waals surface area contributed by atoms with Crippen LogP contribution in [-0.4, -0.2) is 6.10 Å². The monoisotopic (exact) mass is 233 g/mol. The molecule has 1 saturated carbocycles. The van der Waals surface area contributed by atoms with E-state index in [1.807, 2.05) is 24.3 Å². The maximum atomic E-state index is 6.01. The smallest absolute Gasteiger partial charge is 0.119 e. The molecule has 0 heterocycles. The normalized spacial score (nSPS) is 18.9. The first-order valence-electron chi connectivity index (χ1n) is 6.75. The fourth-order valence-electron chi connectivity index (χ4n) is 2.62. The minimum Gasteiger partial charge on any atom is -0.490 e. The summed E-state index contributed by atoms with van der Waals surface area (Å²) in [6, 6.07) is 8.15. The molecule has 2 rings (SSSR count). The molecule has 1 aliphatic rings. The molecule has 0 amide bonds. The fourth-order valence-corrected chi connectivity index (χ4v) is 2.62. The van der Waals surface area contributed by atoms with Crippen molar-refractivity contribution in [2.45, 2.75) is 51.7 Å². The third kappa shape index (κ3) is 3.47. The van der Waals surface area contributed by atoms with Crippen molar-refractivity contribution < 1.29 is 4.74 Å². The standard InChI is InChI=1S/C15H23NO/c1-12(14-5-3-2-4-6-14)17-15-9-7-13(11-16)8-10-15/h7-10,12,14H,2-6,11,16H2,1H3. The van der Waals surface area contributed by atoms with Crippen LogP contribution in [-0.2, 0) is 6.54 Å². The Bertz CT molecular complexity index is 327. The van der Waals surface area contributed by atoms with Gasteiger partial charge in [-0.05, 0) is 43.4 Å². The van der Waals surface area contributed by atoms with Gasteiger partial charge in [-0.2, -0.15) is 0 Å². The predicted molar refractivity (Wildman–Crippen MR) is 71.0 cm³/mol. The summed E-state index contributed by atoms with van der Waals surface area (Å²) in [6.07, 6.45) is 7.10. The predicted octanol–water partition coefficient (Wildman–Crippen LogP) is 3.49. The van der Waals surface area contributed by atoms with E-state index in [4.69, 9.17) is 10.5 Å². The summed E-state index contributed by atoms with van der Waals surface area (Å²) in [5.74, 6) is 1.71. The van der Waals surface area contributed by atoms with Crippen LogP contribution in [0, 0.1) is 5.92 Å². The second-order valence-corrected chi connectivity index (χ2v) is 5.07. The molecule has 0 bridgehead atoms. The molecule has 1 atom stereocenters. The van der Waals surface area contributed by atoms with Crippen LogP contribution >= 0.6 is 0 Å². The summed E-state index contributed by atoms with van der Waals surface area (Å²) in [5.41, 5.74) is 6.73. The molecule has 2 N–H and O–H groups in total. The van der Waals surface area contributed by atoms with Gasteiger partial charge in [-0.15, -0.1) is 0 Å². The van der Waals surface area contributed by atoms with Crippen molar-refractivity contribution in [1.82, 2.24) is 0 Å². The largest absolute Gasteiger partial charge is 0.490 e. The van der Waals surface area contributed by atoms with E-state index in [1.165, 1.54) is 32.1 Å². The van der Waals surface area contributed by atoms with Crippen LogP contribution in [0.1, 0.15) is 44.6 Å². The minimum atomic E-state index is 0.332. The van der Waals surface area contributed by atoms with Gasteiger partial charge in [0.2, 0.25) is 0 Å². The number of nitrogens with two attached hydrogens (primary N) is 1. The van der Waals surface area contributed by atoms with Crippen LogP contribution in [0.4, 0.5) is 0 Å². The van der Waals surface area contributed by atoms with E-state index in [9.17, 15) is 0 Å². The average molecular weight is 233 g/mol. The van der Waals surface area contributed by atoms with Crippen molar-refractivity contribution in [2.24, 2.45) is 11.7 Å². The first-order chi connectivity index (χ1) is 8.29. The Hall–Kier alpha value is -1.02. The molecule has 0 spiro atoms. The Balaban J connectivity index is 1.89. The molecule has 0 radical (unpaired) electrons. The maximum absolute atomic E-state index is 6.01. The SMILES string of the molecule is CC(Oc1ccc(CN)cc1)C1CCCCC1. The summed E-state index contributed by atoms with van der Waals surface area (Å²) in [6.45, 7) is 2.80. The molecular weight excluding hydrogens is 210 g/mol. The van der Waals surface area contributed by atoms with E-state index < -0.39 is 0 Å². The molecule has 0 saturated heterocycles. The van der Waals surface area contributed by atoms with Gasteiger partial charge in [0.1, 0.15) is 5.75 Å². The Kier molecular flexibility index (Phi) is 4.43. The lowest BCUT2D eigenvalue weighted by atomic mass is 9.86. The van der Waals surface area contributed by atoms with Crippen molar-refractivity contribution in [1.29, 1.82) is 0 Å². The number of rotatable bonds is 4. The topological polar surface area (TPSA) is 35.2 Å². The molecule has 0 aromatic heterocycles. The Morgan fingerprint density at radius 3 is 2.41 bits per heavy atom. The first kappa shape index (κ1) is 12.4. The van der Waals surface area contributed by atoms with Crippen LogP contribution in [0.3, 0.4) is 0 Å². The molecule has 1 aromatic rings. The zero-order valence-corrected chi connectivity index (χ0v) is 10.7. The molecule has 17 heavy (non-hydrogen) atoms. The van der Waals surface area contributed by atoms with Crippen LogP contribution < -0.4 is 10.5 Å². The Labute approximate surface area is 104 Å². The van der Waals surface area contributed by atoms with Gasteiger partial charge in [0.25, 0.3) is 0 Å². The summed E-state index contributed by atoms with van der Waals surface area (Å²) in [7, 11) is 0. The van der Waals surface area contributed by atoms with Gasteiger partial charge in [0, 0.05) is 6.54 Å². The van der Waals surface area contributed by atoms with Crippen LogP contribution in [0.2, 0.25) is 0 Å². The van der Waals surface area contributed by atoms with Crippen LogP contribution in [0.25, 0.3) is 0 Å². The molecule has 1 aliphatic carbocycles. The van der Waals surface area contributed by atoms with Gasteiger partial charge in [-0.25, -0.2) is 0 Å². The summed E-state index contributed by atoms with van der Waals surface area (Å²) < 4.78 is 6.01. The van der Waals surface area contributed by atoms with Crippen molar-refractivity contribution in [3.8, 4) is 5.75 Å². The highest BCUT2D eigenvalue weighted by molar-refractivity contribution is 5.27. The average Bonchev–Trinajstić information content (AvgIpc) is 2.40. The fraction of sp³-hybridized carbons (Fsp3) is 0.600. The first-order valence-corrected chi connectivity index (χ1v) is 6.75. The van der Waals surface area contributed by atoms with Gasteiger partial charge >= 0.3 is 0 Å².